The molecule has 15 heavy (non-hydrogen) atoms. The Kier molecular flexibility index (Phi) is 5.05. The molecule has 4 nitrogen and oxygen atoms in total. The van der Waals surface area contributed by atoms with Gasteiger partial charge in [0.25, 0.3) is 0 Å². The Morgan fingerprint density at radius 2 is 2.13 bits per heavy atom. The summed E-state index contributed by atoms with van der Waals surface area (Å²) in [6, 6.07) is 0.667. The van der Waals surface area contributed by atoms with Gasteiger partial charge in [0.1, 0.15) is 0 Å². The van der Waals surface area contributed by atoms with E-state index in [2.05, 4.69) is 23.9 Å². The molecular formula is C11H22N2O2. The normalized spacial score (nSPS) is 24.1. The van der Waals surface area contributed by atoms with Crippen molar-refractivity contribution in [1.29, 1.82) is 0 Å². The summed E-state index contributed by atoms with van der Waals surface area (Å²) in [5.41, 5.74) is 0. The molecule has 1 atom stereocenters. The highest BCUT2D eigenvalue weighted by molar-refractivity contribution is 5.66. The van der Waals surface area contributed by atoms with Gasteiger partial charge in [-0.2, -0.15) is 0 Å². The van der Waals surface area contributed by atoms with E-state index < -0.39 is 5.97 Å². The molecule has 1 aliphatic rings. The first-order valence-electron chi connectivity index (χ1n) is 5.70. The molecule has 1 aliphatic heterocycles. The quantitative estimate of drug-likeness (QED) is 0.754. The van der Waals surface area contributed by atoms with Gasteiger partial charge in [0.2, 0.25) is 0 Å². The van der Waals surface area contributed by atoms with E-state index in [1.165, 1.54) is 12.8 Å². The summed E-state index contributed by atoms with van der Waals surface area (Å²) in [4.78, 5) is 15.0. The minimum atomic E-state index is -0.691. The molecule has 1 N–H and O–H groups in total. The molecule has 4 heteroatoms. The van der Waals surface area contributed by atoms with Gasteiger partial charge in [-0.3, -0.25) is 4.79 Å². The van der Waals surface area contributed by atoms with Crippen molar-refractivity contribution < 1.29 is 9.90 Å². The molecule has 0 aromatic heterocycles. The van der Waals surface area contributed by atoms with Gasteiger partial charge in [-0.25, -0.2) is 0 Å². The van der Waals surface area contributed by atoms with Crippen molar-refractivity contribution in [3.05, 3.63) is 0 Å². The number of carboxylic acids is 1. The zero-order chi connectivity index (χ0) is 11.3. The maximum absolute atomic E-state index is 10.5. The van der Waals surface area contributed by atoms with Crippen molar-refractivity contribution in [3.63, 3.8) is 0 Å². The zero-order valence-electron chi connectivity index (χ0n) is 9.78. The highest BCUT2D eigenvalue weighted by Crippen LogP contribution is 2.14. The van der Waals surface area contributed by atoms with Gasteiger partial charge in [0.15, 0.2) is 0 Å². The maximum atomic E-state index is 10.5. The lowest BCUT2D eigenvalue weighted by atomic mass is 10.1. The number of carbonyl (C=O) groups is 1. The summed E-state index contributed by atoms with van der Waals surface area (Å²) >= 11 is 0. The second kappa shape index (κ2) is 6.08. The minimum Gasteiger partial charge on any atom is -0.481 e. The van der Waals surface area contributed by atoms with Crippen molar-refractivity contribution in [1.82, 2.24) is 9.80 Å². The summed E-state index contributed by atoms with van der Waals surface area (Å²) in [5, 5.41) is 8.62. The van der Waals surface area contributed by atoms with Gasteiger partial charge in [-0.15, -0.1) is 0 Å². The lowest BCUT2D eigenvalue weighted by Gasteiger charge is -2.23. The molecule has 1 unspecified atom stereocenters. The Labute approximate surface area is 91.9 Å². The van der Waals surface area contributed by atoms with E-state index in [1.807, 2.05) is 0 Å². The van der Waals surface area contributed by atoms with Crippen LogP contribution in [-0.4, -0.2) is 60.6 Å². The lowest BCUT2D eigenvalue weighted by Crippen LogP contribution is -2.31. The van der Waals surface area contributed by atoms with E-state index in [0.29, 0.717) is 12.6 Å². The van der Waals surface area contributed by atoms with Crippen LogP contribution < -0.4 is 0 Å². The summed E-state index contributed by atoms with van der Waals surface area (Å²) in [7, 11) is 4.25. The number of hydrogen-bond donors (Lipinski definition) is 1. The van der Waals surface area contributed by atoms with E-state index >= 15 is 0 Å². The Hall–Kier alpha value is -0.610. The first kappa shape index (κ1) is 12.5. The van der Waals surface area contributed by atoms with E-state index in [0.717, 1.165) is 19.5 Å². The molecule has 1 heterocycles. The molecular weight excluding hydrogens is 192 g/mol. The molecule has 0 amide bonds. The van der Waals surface area contributed by atoms with E-state index in [9.17, 15) is 4.79 Å². The van der Waals surface area contributed by atoms with Crippen LogP contribution in [0.5, 0.6) is 0 Å². The molecule has 0 aromatic rings. The Morgan fingerprint density at radius 1 is 1.40 bits per heavy atom. The Morgan fingerprint density at radius 3 is 2.73 bits per heavy atom. The molecule has 88 valence electrons. The Bertz CT molecular complexity index is 207. The topological polar surface area (TPSA) is 43.8 Å². The third-order valence-electron chi connectivity index (χ3n) is 3.16. The molecule has 1 rings (SSSR count). The average molecular weight is 214 g/mol. The third-order valence-corrected chi connectivity index (χ3v) is 3.16. The molecule has 0 saturated carbocycles. The van der Waals surface area contributed by atoms with Crippen LogP contribution >= 0.6 is 0 Å². The summed E-state index contributed by atoms with van der Waals surface area (Å²) in [6.45, 7) is 2.79. The fourth-order valence-corrected chi connectivity index (χ4v) is 2.13. The number of hydrogen-bond acceptors (Lipinski definition) is 3. The van der Waals surface area contributed by atoms with Crippen LogP contribution in [0.1, 0.15) is 25.7 Å². The maximum Gasteiger partial charge on any atom is 0.304 e. The monoisotopic (exact) mass is 214 g/mol. The largest absolute Gasteiger partial charge is 0.481 e. The predicted molar refractivity (Wildman–Crippen MR) is 60.0 cm³/mol. The standard InChI is InChI=1S/C11H22N2O2/c1-12(2)10-4-3-7-13(8-5-10)9-6-11(14)15/h10H,3-9H2,1-2H3,(H,14,15). The predicted octanol–water partition coefficient (Wildman–Crippen LogP) is 0.877. The van der Waals surface area contributed by atoms with E-state index in [4.69, 9.17) is 5.11 Å². The van der Waals surface area contributed by atoms with Crippen LogP contribution in [0.3, 0.4) is 0 Å². The molecule has 0 aliphatic carbocycles. The summed E-state index contributed by atoms with van der Waals surface area (Å²) in [6.07, 6.45) is 3.85. The van der Waals surface area contributed by atoms with Gasteiger partial charge < -0.3 is 14.9 Å². The third kappa shape index (κ3) is 4.62. The van der Waals surface area contributed by atoms with Gasteiger partial charge in [-0.1, -0.05) is 0 Å². The molecule has 1 saturated heterocycles. The van der Waals surface area contributed by atoms with Crippen LogP contribution in [0.15, 0.2) is 0 Å². The van der Waals surface area contributed by atoms with E-state index in [1.54, 1.807) is 0 Å². The number of aliphatic carboxylic acids is 1. The SMILES string of the molecule is CN(C)C1CCCN(CCC(=O)O)CC1. The fraction of sp³-hybridized carbons (Fsp3) is 0.909. The van der Waals surface area contributed by atoms with Gasteiger partial charge in [-0.05, 0) is 46.4 Å². The zero-order valence-corrected chi connectivity index (χ0v) is 9.78. The second-order valence-corrected chi connectivity index (χ2v) is 4.53. The van der Waals surface area contributed by atoms with Crippen molar-refractivity contribution in [2.24, 2.45) is 0 Å². The smallest absolute Gasteiger partial charge is 0.304 e. The van der Waals surface area contributed by atoms with Crippen LogP contribution in [-0.2, 0) is 4.79 Å². The number of carboxylic acid groups (broad SMARTS) is 1. The first-order chi connectivity index (χ1) is 7.09. The van der Waals surface area contributed by atoms with Crippen LogP contribution in [0.25, 0.3) is 0 Å². The number of rotatable bonds is 4. The van der Waals surface area contributed by atoms with Crippen molar-refractivity contribution >= 4 is 5.97 Å². The highest BCUT2D eigenvalue weighted by Gasteiger charge is 2.18. The van der Waals surface area contributed by atoms with Gasteiger partial charge in [0, 0.05) is 12.6 Å². The average Bonchev–Trinajstić information content (AvgIpc) is 2.39. The fourth-order valence-electron chi connectivity index (χ4n) is 2.13. The van der Waals surface area contributed by atoms with Gasteiger partial charge in [0.05, 0.1) is 6.42 Å². The number of likely N-dealkylation sites (tertiary alicyclic amines) is 1. The van der Waals surface area contributed by atoms with Gasteiger partial charge >= 0.3 is 5.97 Å². The van der Waals surface area contributed by atoms with Crippen LogP contribution in [0.2, 0.25) is 0 Å². The second-order valence-electron chi connectivity index (χ2n) is 4.53. The van der Waals surface area contributed by atoms with Crippen LogP contribution in [0.4, 0.5) is 0 Å². The first-order valence-corrected chi connectivity index (χ1v) is 5.70. The summed E-state index contributed by atoms with van der Waals surface area (Å²) in [5.74, 6) is -0.691. The van der Waals surface area contributed by atoms with Crippen molar-refractivity contribution in [2.75, 3.05) is 33.7 Å². The Balaban J connectivity index is 2.29. The lowest BCUT2D eigenvalue weighted by molar-refractivity contribution is -0.137. The van der Waals surface area contributed by atoms with Crippen LogP contribution in [0, 0.1) is 0 Å². The van der Waals surface area contributed by atoms with Crippen molar-refractivity contribution in [3.8, 4) is 0 Å². The summed E-state index contributed by atoms with van der Waals surface area (Å²) < 4.78 is 0. The molecule has 0 spiro atoms. The molecule has 0 aromatic carbocycles. The van der Waals surface area contributed by atoms with E-state index in [-0.39, 0.29) is 6.42 Å². The highest BCUT2D eigenvalue weighted by atomic mass is 16.4. The molecule has 1 fully saturated rings. The minimum absolute atomic E-state index is 0.270. The van der Waals surface area contributed by atoms with Crippen molar-refractivity contribution in [2.45, 2.75) is 31.7 Å². The molecule has 0 bridgehead atoms. The number of nitrogens with zero attached hydrogens (tertiary/aromatic N) is 2. The molecule has 0 radical (unpaired) electrons.